The van der Waals surface area contributed by atoms with Crippen LogP contribution in [-0.2, 0) is 11.2 Å². The Morgan fingerprint density at radius 3 is 2.83 bits per heavy atom. The number of ether oxygens (including phenoxy) is 1. The summed E-state index contributed by atoms with van der Waals surface area (Å²) in [5, 5.41) is 4.01. The number of rotatable bonds is 8. The van der Waals surface area contributed by atoms with Crippen LogP contribution in [0.2, 0.25) is 0 Å². The summed E-state index contributed by atoms with van der Waals surface area (Å²) in [6, 6.07) is 5.60. The summed E-state index contributed by atoms with van der Waals surface area (Å²) in [6.07, 6.45) is 1.94. The van der Waals surface area contributed by atoms with Gasteiger partial charge >= 0.3 is 0 Å². The highest BCUT2D eigenvalue weighted by molar-refractivity contribution is 7.99. The predicted octanol–water partition coefficient (Wildman–Crippen LogP) is 4.93. The number of H-pyrrole nitrogens is 1. The van der Waals surface area contributed by atoms with E-state index in [4.69, 9.17) is 4.74 Å². The third-order valence-corrected chi connectivity index (χ3v) is 6.97. The second-order valence-electron chi connectivity index (χ2n) is 7.45. The Hall–Kier alpha value is -2.32. The molecule has 8 heteroatoms. The molecule has 2 aromatic heterocycles. The molecule has 1 amide bonds. The van der Waals surface area contributed by atoms with E-state index in [1.807, 2.05) is 32.0 Å². The van der Waals surface area contributed by atoms with E-state index in [1.165, 1.54) is 11.8 Å². The Morgan fingerprint density at radius 2 is 2.13 bits per heavy atom. The number of methoxy groups -OCH3 is 1. The summed E-state index contributed by atoms with van der Waals surface area (Å²) >= 11 is 2.76. The number of carbonyl (C=O) groups excluding carboxylic acids is 1. The number of aromatic amines is 1. The lowest BCUT2D eigenvalue weighted by Crippen LogP contribution is -2.16. The minimum atomic E-state index is -0.188. The van der Waals surface area contributed by atoms with Crippen molar-refractivity contribution in [2.75, 3.05) is 18.2 Å². The topological polar surface area (TPSA) is 84.1 Å². The van der Waals surface area contributed by atoms with E-state index in [2.05, 4.69) is 29.1 Å². The number of thiophene rings is 1. The van der Waals surface area contributed by atoms with Gasteiger partial charge in [-0.15, -0.1) is 11.3 Å². The molecule has 0 aliphatic heterocycles. The minimum absolute atomic E-state index is 0.133. The molecule has 0 aliphatic rings. The van der Waals surface area contributed by atoms with Gasteiger partial charge in [0.1, 0.15) is 10.6 Å². The van der Waals surface area contributed by atoms with Crippen LogP contribution in [0.1, 0.15) is 36.3 Å². The molecule has 6 nitrogen and oxygen atoms in total. The number of amides is 1. The molecule has 0 fully saturated rings. The maximum absolute atomic E-state index is 12.7. The second-order valence-corrected chi connectivity index (χ2v) is 9.61. The molecule has 1 unspecified atom stereocenters. The SMILES string of the molecule is CCC(C)Cc1c(C)sc2nc(SCC(=O)Nc3cc(C)ccc3OC)[nH]c(=O)c12. The van der Waals surface area contributed by atoms with Gasteiger partial charge in [0, 0.05) is 4.88 Å². The summed E-state index contributed by atoms with van der Waals surface area (Å²) in [6.45, 7) is 8.34. The molecule has 3 aromatic rings. The van der Waals surface area contributed by atoms with E-state index in [0.717, 1.165) is 33.7 Å². The van der Waals surface area contributed by atoms with Gasteiger partial charge in [0.15, 0.2) is 5.16 Å². The van der Waals surface area contributed by atoms with Crippen molar-refractivity contribution < 1.29 is 9.53 Å². The van der Waals surface area contributed by atoms with Crippen molar-refractivity contribution in [3.8, 4) is 5.75 Å². The Morgan fingerprint density at radius 1 is 1.37 bits per heavy atom. The summed E-state index contributed by atoms with van der Waals surface area (Å²) in [5.74, 6) is 1.06. The van der Waals surface area contributed by atoms with Crippen molar-refractivity contribution in [2.45, 2.75) is 45.7 Å². The standard InChI is InChI=1S/C22H27N3O3S2/c1-6-12(2)9-15-14(4)30-21-19(15)20(27)24-22(25-21)29-11-18(26)23-16-10-13(3)7-8-17(16)28-5/h7-8,10,12H,6,9,11H2,1-5H3,(H,23,26)(H,24,25,27). The summed E-state index contributed by atoms with van der Waals surface area (Å²) in [7, 11) is 1.57. The van der Waals surface area contributed by atoms with Crippen LogP contribution in [0.15, 0.2) is 28.2 Å². The number of aryl methyl sites for hydroxylation is 2. The number of carbonyl (C=O) groups is 1. The number of nitrogens with one attached hydrogen (secondary N) is 2. The normalized spacial score (nSPS) is 12.2. The molecule has 1 aromatic carbocycles. The lowest BCUT2D eigenvalue weighted by molar-refractivity contribution is -0.113. The number of aromatic nitrogens is 2. The first-order chi connectivity index (χ1) is 14.3. The lowest BCUT2D eigenvalue weighted by Gasteiger charge is -2.11. The fourth-order valence-corrected chi connectivity index (χ4v) is 4.97. The number of thioether (sulfide) groups is 1. The van der Waals surface area contributed by atoms with Crippen molar-refractivity contribution in [3.63, 3.8) is 0 Å². The zero-order valence-corrected chi connectivity index (χ0v) is 19.6. The number of benzene rings is 1. The van der Waals surface area contributed by atoms with Gasteiger partial charge in [-0.25, -0.2) is 4.98 Å². The molecule has 2 N–H and O–H groups in total. The van der Waals surface area contributed by atoms with Gasteiger partial charge in [-0.05, 0) is 49.4 Å². The van der Waals surface area contributed by atoms with Crippen LogP contribution < -0.4 is 15.6 Å². The molecule has 0 saturated heterocycles. The van der Waals surface area contributed by atoms with Crippen LogP contribution in [0.25, 0.3) is 10.2 Å². The van der Waals surface area contributed by atoms with Crippen molar-refractivity contribution >= 4 is 44.9 Å². The van der Waals surface area contributed by atoms with E-state index < -0.39 is 0 Å². The maximum atomic E-state index is 12.7. The number of fused-ring (bicyclic) bond motifs is 1. The molecule has 0 saturated carbocycles. The molecule has 3 rings (SSSR count). The van der Waals surface area contributed by atoms with Gasteiger partial charge < -0.3 is 15.0 Å². The summed E-state index contributed by atoms with van der Waals surface area (Å²) < 4.78 is 5.30. The highest BCUT2D eigenvalue weighted by atomic mass is 32.2. The van der Waals surface area contributed by atoms with Crippen molar-refractivity contribution in [1.82, 2.24) is 9.97 Å². The molecule has 30 heavy (non-hydrogen) atoms. The maximum Gasteiger partial charge on any atom is 0.260 e. The molecule has 160 valence electrons. The molecule has 1 atom stereocenters. The molecule has 2 heterocycles. The summed E-state index contributed by atoms with van der Waals surface area (Å²) in [5.41, 5.74) is 2.62. The van der Waals surface area contributed by atoms with E-state index in [1.54, 1.807) is 18.4 Å². The average molecular weight is 446 g/mol. The smallest absolute Gasteiger partial charge is 0.260 e. The van der Waals surface area contributed by atoms with Crippen LogP contribution in [0.4, 0.5) is 5.69 Å². The fraction of sp³-hybridized carbons (Fsp3) is 0.409. The van der Waals surface area contributed by atoms with E-state index in [0.29, 0.717) is 27.9 Å². The second kappa shape index (κ2) is 9.66. The van der Waals surface area contributed by atoms with Gasteiger partial charge in [0.2, 0.25) is 5.91 Å². The fourth-order valence-electron chi connectivity index (χ4n) is 3.20. The lowest BCUT2D eigenvalue weighted by atomic mass is 9.98. The van der Waals surface area contributed by atoms with Crippen LogP contribution in [0.5, 0.6) is 5.75 Å². The van der Waals surface area contributed by atoms with Crippen molar-refractivity contribution in [2.24, 2.45) is 5.92 Å². The van der Waals surface area contributed by atoms with E-state index >= 15 is 0 Å². The average Bonchev–Trinajstić information content (AvgIpc) is 3.02. The molecule has 0 radical (unpaired) electrons. The summed E-state index contributed by atoms with van der Waals surface area (Å²) in [4.78, 5) is 34.5. The Bertz CT molecular complexity index is 1120. The van der Waals surface area contributed by atoms with Crippen LogP contribution in [-0.4, -0.2) is 28.7 Å². The van der Waals surface area contributed by atoms with Crippen molar-refractivity contribution in [1.29, 1.82) is 0 Å². The Balaban J connectivity index is 1.75. The molecular formula is C22H27N3O3S2. The Kier molecular flexibility index (Phi) is 7.20. The van der Waals surface area contributed by atoms with Crippen LogP contribution in [0, 0.1) is 19.8 Å². The number of nitrogens with zero attached hydrogens (tertiary/aromatic N) is 1. The van der Waals surface area contributed by atoms with E-state index in [9.17, 15) is 9.59 Å². The number of hydrogen-bond donors (Lipinski definition) is 2. The van der Waals surface area contributed by atoms with Gasteiger partial charge in [-0.1, -0.05) is 38.1 Å². The van der Waals surface area contributed by atoms with Crippen molar-refractivity contribution in [3.05, 3.63) is 44.6 Å². The minimum Gasteiger partial charge on any atom is -0.495 e. The first-order valence-electron chi connectivity index (χ1n) is 9.91. The third-order valence-electron chi connectivity index (χ3n) is 5.06. The number of anilines is 1. The van der Waals surface area contributed by atoms with E-state index in [-0.39, 0.29) is 17.2 Å². The highest BCUT2D eigenvalue weighted by Crippen LogP contribution is 2.31. The zero-order chi connectivity index (χ0) is 21.8. The van der Waals surface area contributed by atoms with Crippen LogP contribution in [0.3, 0.4) is 0 Å². The monoisotopic (exact) mass is 445 g/mol. The van der Waals surface area contributed by atoms with Gasteiger partial charge in [0.25, 0.3) is 5.56 Å². The molecule has 0 bridgehead atoms. The first kappa shape index (κ1) is 22.4. The molecule has 0 aliphatic carbocycles. The van der Waals surface area contributed by atoms with Gasteiger partial charge in [-0.3, -0.25) is 9.59 Å². The third kappa shape index (κ3) is 5.05. The highest BCUT2D eigenvalue weighted by Gasteiger charge is 2.17. The molecular weight excluding hydrogens is 418 g/mol. The Labute approximate surface area is 184 Å². The van der Waals surface area contributed by atoms with Gasteiger partial charge in [0.05, 0.1) is 23.9 Å². The van der Waals surface area contributed by atoms with Gasteiger partial charge in [-0.2, -0.15) is 0 Å². The predicted molar refractivity (Wildman–Crippen MR) is 125 cm³/mol. The largest absolute Gasteiger partial charge is 0.495 e. The zero-order valence-electron chi connectivity index (χ0n) is 17.9. The quantitative estimate of drug-likeness (QED) is 0.379. The molecule has 0 spiro atoms. The first-order valence-corrected chi connectivity index (χ1v) is 11.7. The number of hydrogen-bond acceptors (Lipinski definition) is 6. The van der Waals surface area contributed by atoms with Crippen LogP contribution >= 0.6 is 23.1 Å².